The van der Waals surface area contributed by atoms with Crippen molar-refractivity contribution < 1.29 is 13.2 Å². The van der Waals surface area contributed by atoms with E-state index in [9.17, 15) is 13.2 Å². The average Bonchev–Trinajstić information content (AvgIpc) is 2.33. The molecule has 0 aliphatic heterocycles. The zero-order valence-corrected chi connectivity index (χ0v) is 12.4. The van der Waals surface area contributed by atoms with Crippen LogP contribution in [0.25, 0.3) is 0 Å². The Kier molecular flexibility index (Phi) is 5.62. The molecule has 1 aromatic rings. The first-order valence-corrected chi connectivity index (χ1v) is 8.04. The fourth-order valence-electron chi connectivity index (χ4n) is 1.44. The Morgan fingerprint density at radius 1 is 1.32 bits per heavy atom. The van der Waals surface area contributed by atoms with E-state index in [1.54, 1.807) is 32.0 Å². The Morgan fingerprint density at radius 2 is 1.95 bits per heavy atom. The third-order valence-corrected chi connectivity index (χ3v) is 4.23. The van der Waals surface area contributed by atoms with Crippen LogP contribution in [0.3, 0.4) is 0 Å². The van der Waals surface area contributed by atoms with Crippen molar-refractivity contribution in [3.05, 3.63) is 23.8 Å². The normalized spacial score (nSPS) is 11.1. The van der Waals surface area contributed by atoms with Crippen molar-refractivity contribution >= 4 is 38.9 Å². The van der Waals surface area contributed by atoms with E-state index < -0.39 is 10.0 Å². The topological polar surface area (TPSA) is 75.3 Å². The smallest absolute Gasteiger partial charge is 0.233 e. The summed E-state index contributed by atoms with van der Waals surface area (Å²) in [5.41, 5.74) is 1.71. The highest BCUT2D eigenvalue weighted by Gasteiger charge is 2.13. The Balaban J connectivity index is 2.98. The highest BCUT2D eigenvalue weighted by Crippen LogP contribution is 2.24. The van der Waals surface area contributed by atoms with Gasteiger partial charge < -0.3 is 5.32 Å². The van der Waals surface area contributed by atoms with Gasteiger partial charge in [0.15, 0.2) is 0 Å². The summed E-state index contributed by atoms with van der Waals surface area (Å²) >= 11 is 5.43. The maximum Gasteiger partial charge on any atom is 0.233 e. The molecule has 106 valence electrons. The van der Waals surface area contributed by atoms with Crippen molar-refractivity contribution in [3.63, 3.8) is 0 Å². The van der Waals surface area contributed by atoms with Crippen molar-refractivity contribution in [2.75, 3.05) is 21.7 Å². The second kappa shape index (κ2) is 6.77. The van der Waals surface area contributed by atoms with E-state index >= 15 is 0 Å². The Morgan fingerprint density at radius 3 is 2.53 bits per heavy atom. The first kappa shape index (κ1) is 15.8. The maximum atomic E-state index is 11.7. The predicted molar refractivity (Wildman–Crippen MR) is 78.2 cm³/mol. The van der Waals surface area contributed by atoms with Crippen LogP contribution in [0.4, 0.5) is 11.4 Å². The third-order valence-electron chi connectivity index (χ3n) is 2.54. The zero-order valence-electron chi connectivity index (χ0n) is 10.9. The first-order valence-electron chi connectivity index (χ1n) is 5.85. The summed E-state index contributed by atoms with van der Waals surface area (Å²) in [5, 5.41) is 2.72. The molecule has 0 unspecified atom stereocenters. The number of anilines is 2. The second-order valence-corrected chi connectivity index (χ2v) is 6.21. The molecule has 1 amide bonds. The molecule has 0 saturated carbocycles. The molecule has 0 fully saturated rings. The molecule has 0 atom stereocenters. The second-order valence-electron chi connectivity index (χ2n) is 3.99. The molecular formula is C12H17ClN2O3S. The van der Waals surface area contributed by atoms with Gasteiger partial charge in [-0.25, -0.2) is 8.42 Å². The minimum Gasteiger partial charge on any atom is -0.326 e. The SMILES string of the molecule is CCC(=O)Nc1cccc(NS(=O)(=O)CCCl)c1C. The summed E-state index contributed by atoms with van der Waals surface area (Å²) in [4.78, 5) is 11.4. The minimum atomic E-state index is -3.45. The lowest BCUT2D eigenvalue weighted by molar-refractivity contribution is -0.115. The number of carbonyl (C=O) groups excluding carboxylic acids is 1. The van der Waals surface area contributed by atoms with Gasteiger partial charge in [0.05, 0.1) is 11.4 Å². The molecule has 7 heteroatoms. The third kappa shape index (κ3) is 4.72. The number of carbonyl (C=O) groups is 1. The monoisotopic (exact) mass is 304 g/mol. The molecule has 0 radical (unpaired) electrons. The average molecular weight is 305 g/mol. The molecule has 19 heavy (non-hydrogen) atoms. The van der Waals surface area contributed by atoms with Crippen LogP contribution in [-0.2, 0) is 14.8 Å². The molecule has 2 N–H and O–H groups in total. The lowest BCUT2D eigenvalue weighted by Crippen LogP contribution is -2.19. The molecule has 1 rings (SSSR count). The van der Waals surface area contributed by atoms with Gasteiger partial charge in [-0.2, -0.15) is 0 Å². The fourth-order valence-corrected chi connectivity index (χ4v) is 2.91. The van der Waals surface area contributed by atoms with Gasteiger partial charge in [0, 0.05) is 18.0 Å². The number of hydrogen-bond acceptors (Lipinski definition) is 3. The van der Waals surface area contributed by atoms with Crippen molar-refractivity contribution in [2.24, 2.45) is 0 Å². The molecule has 0 saturated heterocycles. The standard InChI is InChI=1S/C12H17ClN2O3S/c1-3-12(16)14-10-5-4-6-11(9(10)2)15-19(17,18)8-7-13/h4-6,15H,3,7-8H2,1-2H3,(H,14,16). The van der Waals surface area contributed by atoms with E-state index in [0.717, 1.165) is 0 Å². The highest BCUT2D eigenvalue weighted by molar-refractivity contribution is 7.92. The molecule has 0 aromatic heterocycles. The quantitative estimate of drug-likeness (QED) is 0.792. The van der Waals surface area contributed by atoms with Crippen LogP contribution >= 0.6 is 11.6 Å². The van der Waals surface area contributed by atoms with Crippen LogP contribution in [0.2, 0.25) is 0 Å². The molecule has 0 heterocycles. The number of halogens is 1. The van der Waals surface area contributed by atoms with Crippen LogP contribution in [0.15, 0.2) is 18.2 Å². The van der Waals surface area contributed by atoms with Gasteiger partial charge in [-0.15, -0.1) is 11.6 Å². The Hall–Kier alpha value is -1.27. The highest BCUT2D eigenvalue weighted by atomic mass is 35.5. The molecular weight excluding hydrogens is 288 g/mol. The summed E-state index contributed by atoms with van der Waals surface area (Å²) in [6, 6.07) is 5.04. The van der Waals surface area contributed by atoms with Gasteiger partial charge in [-0.1, -0.05) is 13.0 Å². The molecule has 0 aliphatic carbocycles. The van der Waals surface area contributed by atoms with Crippen LogP contribution in [0, 0.1) is 6.92 Å². The van der Waals surface area contributed by atoms with E-state index in [4.69, 9.17) is 11.6 Å². The predicted octanol–water partition coefficient (Wildman–Crippen LogP) is 2.32. The number of alkyl halides is 1. The maximum absolute atomic E-state index is 11.7. The summed E-state index contributed by atoms with van der Waals surface area (Å²) in [7, 11) is -3.45. The lowest BCUT2D eigenvalue weighted by atomic mass is 10.1. The number of benzene rings is 1. The van der Waals surface area contributed by atoms with Gasteiger partial charge in [0.1, 0.15) is 0 Å². The van der Waals surface area contributed by atoms with Gasteiger partial charge in [-0.05, 0) is 24.6 Å². The van der Waals surface area contributed by atoms with Crippen molar-refractivity contribution in [1.82, 2.24) is 0 Å². The molecule has 1 aromatic carbocycles. The van der Waals surface area contributed by atoms with Crippen molar-refractivity contribution in [1.29, 1.82) is 0 Å². The van der Waals surface area contributed by atoms with Gasteiger partial charge >= 0.3 is 0 Å². The zero-order chi connectivity index (χ0) is 14.5. The van der Waals surface area contributed by atoms with E-state index in [2.05, 4.69) is 10.0 Å². The molecule has 0 bridgehead atoms. The largest absolute Gasteiger partial charge is 0.326 e. The van der Waals surface area contributed by atoms with Crippen LogP contribution in [0.5, 0.6) is 0 Å². The van der Waals surface area contributed by atoms with Crippen LogP contribution in [0.1, 0.15) is 18.9 Å². The number of sulfonamides is 1. The Labute approximate surface area is 118 Å². The number of amides is 1. The van der Waals surface area contributed by atoms with Crippen LogP contribution < -0.4 is 10.0 Å². The summed E-state index contributed by atoms with van der Waals surface area (Å²) < 4.78 is 25.8. The van der Waals surface area contributed by atoms with Crippen molar-refractivity contribution in [3.8, 4) is 0 Å². The molecule has 5 nitrogen and oxygen atoms in total. The Bertz CT molecular complexity index is 558. The van der Waals surface area contributed by atoms with E-state index in [0.29, 0.717) is 23.4 Å². The first-order chi connectivity index (χ1) is 8.89. The van der Waals surface area contributed by atoms with Crippen LogP contribution in [-0.4, -0.2) is 26.0 Å². The number of hydrogen-bond donors (Lipinski definition) is 2. The molecule has 0 aliphatic rings. The van der Waals surface area contributed by atoms with E-state index in [1.165, 1.54) is 0 Å². The summed E-state index contributed by atoms with van der Waals surface area (Å²) in [6.07, 6.45) is 0.363. The van der Waals surface area contributed by atoms with E-state index in [-0.39, 0.29) is 17.5 Å². The summed E-state index contributed by atoms with van der Waals surface area (Å²) in [5.74, 6) is -0.246. The fraction of sp³-hybridized carbons (Fsp3) is 0.417. The van der Waals surface area contributed by atoms with Crippen molar-refractivity contribution in [2.45, 2.75) is 20.3 Å². The lowest BCUT2D eigenvalue weighted by Gasteiger charge is -2.13. The number of nitrogens with one attached hydrogen (secondary N) is 2. The minimum absolute atomic E-state index is 0.0284. The van der Waals surface area contributed by atoms with Gasteiger partial charge in [-0.3, -0.25) is 9.52 Å². The van der Waals surface area contributed by atoms with Gasteiger partial charge in [0.2, 0.25) is 15.9 Å². The van der Waals surface area contributed by atoms with Gasteiger partial charge in [0.25, 0.3) is 0 Å². The molecule has 0 spiro atoms. The number of rotatable bonds is 6. The summed E-state index contributed by atoms with van der Waals surface area (Å²) in [6.45, 7) is 3.49. The van der Waals surface area contributed by atoms with E-state index in [1.807, 2.05) is 0 Å².